The molecule has 0 saturated carbocycles. The first-order valence-corrected chi connectivity index (χ1v) is 6.27. The maximum absolute atomic E-state index is 6.27. The van der Waals surface area contributed by atoms with E-state index < -0.39 is 0 Å². The maximum Gasteiger partial charge on any atom is 0.0642 e. The highest BCUT2D eigenvalue weighted by Crippen LogP contribution is 2.29. The number of para-hydroxylation sites is 1. The van der Waals surface area contributed by atoms with Crippen LogP contribution in [0.5, 0.6) is 0 Å². The lowest BCUT2D eigenvalue weighted by molar-refractivity contribution is 0.722. The summed E-state index contributed by atoms with van der Waals surface area (Å²) >= 11 is 6.27. The Morgan fingerprint density at radius 3 is 2.69 bits per heavy atom. The van der Waals surface area contributed by atoms with Crippen LogP contribution in [0.3, 0.4) is 0 Å². The van der Waals surface area contributed by atoms with E-state index in [0.717, 1.165) is 36.8 Å². The Morgan fingerprint density at radius 2 is 2.06 bits per heavy atom. The zero-order valence-electron chi connectivity index (χ0n) is 10.4. The third-order valence-corrected chi connectivity index (χ3v) is 2.88. The molecule has 0 spiro atoms. The Hall–Kier alpha value is -0.730. The molecule has 1 aromatic carbocycles. The van der Waals surface area contributed by atoms with Crippen LogP contribution < -0.4 is 10.2 Å². The summed E-state index contributed by atoms with van der Waals surface area (Å²) in [6, 6.07) is 6.10. The number of nitrogens with one attached hydrogen (secondary N) is 1. The number of anilines is 1. The van der Waals surface area contributed by atoms with Crippen LogP contribution in [0.2, 0.25) is 5.02 Å². The molecule has 0 heterocycles. The zero-order chi connectivity index (χ0) is 12.0. The van der Waals surface area contributed by atoms with Crippen molar-refractivity contribution in [2.24, 2.45) is 0 Å². The largest absolute Gasteiger partial charge is 0.373 e. The predicted molar refractivity (Wildman–Crippen MR) is 72.4 cm³/mol. The molecule has 1 N–H and O–H groups in total. The second-order valence-electron chi connectivity index (χ2n) is 3.95. The van der Waals surface area contributed by atoms with E-state index in [0.29, 0.717) is 0 Å². The standard InChI is InChI=1S/C13H21ClN2/c1-4-9-16(3)13-11(10-15-5-2)7-6-8-12(13)14/h6-8,15H,4-5,9-10H2,1-3H3. The molecule has 90 valence electrons. The van der Waals surface area contributed by atoms with Crippen LogP contribution in [0.1, 0.15) is 25.8 Å². The number of rotatable bonds is 6. The SMILES string of the molecule is CCCN(C)c1c(Cl)cccc1CNCC. The number of hydrogen-bond donors (Lipinski definition) is 1. The van der Waals surface area contributed by atoms with Crippen LogP contribution in [0.25, 0.3) is 0 Å². The third kappa shape index (κ3) is 3.39. The third-order valence-electron chi connectivity index (χ3n) is 2.58. The average Bonchev–Trinajstić information content (AvgIpc) is 2.26. The first-order chi connectivity index (χ1) is 7.70. The number of nitrogens with zero attached hydrogens (tertiary/aromatic N) is 1. The maximum atomic E-state index is 6.27. The second-order valence-corrected chi connectivity index (χ2v) is 4.36. The van der Waals surface area contributed by atoms with Crippen molar-refractivity contribution in [3.63, 3.8) is 0 Å². The smallest absolute Gasteiger partial charge is 0.0642 e. The van der Waals surface area contributed by atoms with Crippen molar-refractivity contribution in [1.82, 2.24) is 5.32 Å². The molecule has 0 aliphatic heterocycles. The molecule has 0 aliphatic carbocycles. The molecule has 0 fully saturated rings. The van der Waals surface area contributed by atoms with Gasteiger partial charge in [-0.1, -0.05) is 37.6 Å². The fourth-order valence-corrected chi connectivity index (χ4v) is 2.18. The van der Waals surface area contributed by atoms with Crippen molar-refractivity contribution in [3.8, 4) is 0 Å². The molecule has 1 aromatic rings. The lowest BCUT2D eigenvalue weighted by Gasteiger charge is -2.23. The van der Waals surface area contributed by atoms with Gasteiger partial charge >= 0.3 is 0 Å². The highest BCUT2D eigenvalue weighted by atomic mass is 35.5. The van der Waals surface area contributed by atoms with Crippen molar-refractivity contribution < 1.29 is 0 Å². The Morgan fingerprint density at radius 1 is 1.31 bits per heavy atom. The number of benzene rings is 1. The van der Waals surface area contributed by atoms with E-state index in [1.807, 2.05) is 12.1 Å². The Kier molecular flexibility index (Phi) is 5.64. The minimum atomic E-state index is 0.839. The summed E-state index contributed by atoms with van der Waals surface area (Å²) in [5, 5.41) is 4.18. The molecule has 3 heteroatoms. The summed E-state index contributed by atoms with van der Waals surface area (Å²) in [5.74, 6) is 0. The van der Waals surface area contributed by atoms with Gasteiger partial charge in [0.25, 0.3) is 0 Å². The van der Waals surface area contributed by atoms with E-state index in [-0.39, 0.29) is 0 Å². The summed E-state index contributed by atoms with van der Waals surface area (Å²) in [7, 11) is 2.10. The highest BCUT2D eigenvalue weighted by Gasteiger charge is 2.10. The Balaban J connectivity index is 2.93. The van der Waals surface area contributed by atoms with Gasteiger partial charge in [-0.3, -0.25) is 0 Å². The molecule has 0 radical (unpaired) electrons. The van der Waals surface area contributed by atoms with Gasteiger partial charge in [0.05, 0.1) is 10.7 Å². The van der Waals surface area contributed by atoms with Crippen LogP contribution in [0.4, 0.5) is 5.69 Å². The van der Waals surface area contributed by atoms with Crippen molar-refractivity contribution >= 4 is 17.3 Å². The lowest BCUT2D eigenvalue weighted by Crippen LogP contribution is -2.22. The van der Waals surface area contributed by atoms with Gasteiger partial charge in [0.15, 0.2) is 0 Å². The van der Waals surface area contributed by atoms with Gasteiger partial charge in [-0.2, -0.15) is 0 Å². The van der Waals surface area contributed by atoms with Gasteiger partial charge in [0.1, 0.15) is 0 Å². The molecule has 16 heavy (non-hydrogen) atoms. The molecular weight excluding hydrogens is 220 g/mol. The van der Waals surface area contributed by atoms with Crippen molar-refractivity contribution in [2.75, 3.05) is 25.0 Å². The van der Waals surface area contributed by atoms with Gasteiger partial charge in [-0.25, -0.2) is 0 Å². The van der Waals surface area contributed by atoms with Gasteiger partial charge in [-0.05, 0) is 24.6 Å². The summed E-state index contributed by atoms with van der Waals surface area (Å²) in [5.41, 5.74) is 2.43. The van der Waals surface area contributed by atoms with Crippen LogP contribution in [0.15, 0.2) is 18.2 Å². The molecule has 0 bridgehead atoms. The molecule has 0 saturated heterocycles. The van der Waals surface area contributed by atoms with Crippen LogP contribution in [0, 0.1) is 0 Å². The summed E-state index contributed by atoms with van der Waals surface area (Å²) in [6.07, 6.45) is 1.13. The van der Waals surface area contributed by atoms with Gasteiger partial charge in [0.2, 0.25) is 0 Å². The van der Waals surface area contributed by atoms with Gasteiger partial charge < -0.3 is 10.2 Å². The average molecular weight is 241 g/mol. The van der Waals surface area contributed by atoms with E-state index in [9.17, 15) is 0 Å². The van der Waals surface area contributed by atoms with Crippen LogP contribution in [-0.2, 0) is 6.54 Å². The summed E-state index contributed by atoms with van der Waals surface area (Å²) < 4.78 is 0. The summed E-state index contributed by atoms with van der Waals surface area (Å²) in [6.45, 7) is 7.17. The van der Waals surface area contributed by atoms with Crippen LogP contribution in [-0.4, -0.2) is 20.1 Å². The van der Waals surface area contributed by atoms with E-state index in [2.05, 4.69) is 37.2 Å². The highest BCUT2D eigenvalue weighted by molar-refractivity contribution is 6.33. The summed E-state index contributed by atoms with van der Waals surface area (Å²) in [4.78, 5) is 2.23. The first kappa shape index (κ1) is 13.3. The van der Waals surface area contributed by atoms with E-state index in [4.69, 9.17) is 11.6 Å². The molecule has 0 atom stereocenters. The monoisotopic (exact) mass is 240 g/mol. The molecule has 1 rings (SSSR count). The minimum Gasteiger partial charge on any atom is -0.373 e. The van der Waals surface area contributed by atoms with E-state index in [1.54, 1.807) is 0 Å². The minimum absolute atomic E-state index is 0.839. The number of hydrogen-bond acceptors (Lipinski definition) is 2. The molecule has 0 aromatic heterocycles. The fraction of sp³-hybridized carbons (Fsp3) is 0.538. The quantitative estimate of drug-likeness (QED) is 0.821. The molecular formula is C13H21ClN2. The second kappa shape index (κ2) is 6.77. The first-order valence-electron chi connectivity index (χ1n) is 5.89. The van der Waals surface area contributed by atoms with Gasteiger partial charge in [0, 0.05) is 20.1 Å². The molecule has 0 amide bonds. The van der Waals surface area contributed by atoms with Crippen molar-refractivity contribution in [3.05, 3.63) is 28.8 Å². The Bertz CT molecular complexity index is 326. The van der Waals surface area contributed by atoms with Crippen LogP contribution >= 0.6 is 11.6 Å². The van der Waals surface area contributed by atoms with Crippen molar-refractivity contribution in [1.29, 1.82) is 0 Å². The van der Waals surface area contributed by atoms with E-state index in [1.165, 1.54) is 5.56 Å². The molecule has 0 aliphatic rings. The zero-order valence-corrected chi connectivity index (χ0v) is 11.1. The Labute approximate surface area is 104 Å². The molecule has 2 nitrogen and oxygen atoms in total. The predicted octanol–water partition coefficient (Wildman–Crippen LogP) is 3.30. The lowest BCUT2D eigenvalue weighted by atomic mass is 10.1. The molecule has 0 unspecified atom stereocenters. The topological polar surface area (TPSA) is 15.3 Å². The van der Waals surface area contributed by atoms with E-state index >= 15 is 0 Å². The normalized spacial score (nSPS) is 10.5. The fourth-order valence-electron chi connectivity index (χ4n) is 1.84. The van der Waals surface area contributed by atoms with Crippen molar-refractivity contribution in [2.45, 2.75) is 26.8 Å². The van der Waals surface area contributed by atoms with Gasteiger partial charge in [-0.15, -0.1) is 0 Å². The number of halogens is 1.